The summed E-state index contributed by atoms with van der Waals surface area (Å²) in [5.74, 6) is 0.145. The van der Waals surface area contributed by atoms with E-state index < -0.39 is 18.5 Å². The van der Waals surface area contributed by atoms with Gasteiger partial charge in [0.05, 0.1) is 25.4 Å². The third-order valence-electron chi connectivity index (χ3n) is 3.91. The van der Waals surface area contributed by atoms with Gasteiger partial charge in [-0.1, -0.05) is 34.1 Å². The van der Waals surface area contributed by atoms with E-state index in [9.17, 15) is 9.59 Å². The molecule has 0 fully saturated rings. The molecular formula is C22H26BrNO6. The summed E-state index contributed by atoms with van der Waals surface area (Å²) in [7, 11) is 0. The molecule has 7 nitrogen and oxygen atoms in total. The average Bonchev–Trinajstić information content (AvgIpc) is 2.73. The van der Waals surface area contributed by atoms with Crippen LogP contribution in [0.4, 0.5) is 0 Å². The zero-order chi connectivity index (χ0) is 21.9. The molecule has 0 aliphatic carbocycles. The highest BCUT2D eigenvalue weighted by atomic mass is 79.9. The number of benzene rings is 2. The van der Waals surface area contributed by atoms with Crippen LogP contribution in [0.1, 0.15) is 36.7 Å². The highest BCUT2D eigenvalue weighted by Crippen LogP contribution is 2.39. The van der Waals surface area contributed by atoms with Crippen molar-refractivity contribution < 1.29 is 28.5 Å². The predicted octanol–water partition coefficient (Wildman–Crippen LogP) is 4.12. The van der Waals surface area contributed by atoms with E-state index >= 15 is 0 Å². The molecule has 0 saturated carbocycles. The fourth-order valence-electron chi connectivity index (χ4n) is 2.61. The van der Waals surface area contributed by atoms with E-state index in [1.165, 1.54) is 12.1 Å². The molecule has 2 aromatic carbocycles. The van der Waals surface area contributed by atoms with Gasteiger partial charge < -0.3 is 24.3 Å². The number of amides is 1. The molecule has 0 spiro atoms. The van der Waals surface area contributed by atoms with Crippen LogP contribution in [0.15, 0.2) is 40.9 Å². The van der Waals surface area contributed by atoms with Gasteiger partial charge in [0.1, 0.15) is 0 Å². The second-order valence-electron chi connectivity index (χ2n) is 6.04. The van der Waals surface area contributed by atoms with Crippen molar-refractivity contribution in [3.63, 3.8) is 0 Å². The summed E-state index contributed by atoms with van der Waals surface area (Å²) in [6, 6.07) is 10.6. The van der Waals surface area contributed by atoms with Crippen molar-refractivity contribution in [2.75, 3.05) is 26.4 Å². The Morgan fingerprint density at radius 3 is 2.10 bits per heavy atom. The molecule has 0 aliphatic heterocycles. The second-order valence-corrected chi connectivity index (χ2v) is 6.90. The van der Waals surface area contributed by atoms with Crippen LogP contribution in [-0.4, -0.2) is 38.3 Å². The Balaban J connectivity index is 2.04. The van der Waals surface area contributed by atoms with Gasteiger partial charge in [0.25, 0.3) is 5.91 Å². The normalized spacial score (nSPS) is 10.3. The van der Waals surface area contributed by atoms with Crippen molar-refractivity contribution in [3.05, 3.63) is 52.0 Å². The van der Waals surface area contributed by atoms with Gasteiger partial charge in [-0.05, 0) is 44.5 Å². The maximum Gasteiger partial charge on any atom is 0.338 e. The molecule has 0 aromatic heterocycles. The van der Waals surface area contributed by atoms with Gasteiger partial charge in [-0.2, -0.15) is 0 Å². The van der Waals surface area contributed by atoms with Gasteiger partial charge in [0.15, 0.2) is 18.1 Å². The first kappa shape index (κ1) is 23.5. The number of halogens is 1. The van der Waals surface area contributed by atoms with Gasteiger partial charge in [-0.3, -0.25) is 4.79 Å². The molecule has 1 amide bonds. The predicted molar refractivity (Wildman–Crippen MR) is 116 cm³/mol. The van der Waals surface area contributed by atoms with Crippen LogP contribution in [0, 0.1) is 0 Å². The number of esters is 1. The van der Waals surface area contributed by atoms with Crippen LogP contribution >= 0.6 is 15.9 Å². The molecule has 8 heteroatoms. The summed E-state index contributed by atoms with van der Waals surface area (Å²) in [6.45, 7) is 6.63. The fraction of sp³-hybridized carbons (Fsp3) is 0.364. The number of hydrogen-bond donors (Lipinski definition) is 1. The molecule has 2 aromatic rings. The van der Waals surface area contributed by atoms with Crippen molar-refractivity contribution in [3.8, 4) is 17.2 Å². The summed E-state index contributed by atoms with van der Waals surface area (Å²) < 4.78 is 22.9. The lowest BCUT2D eigenvalue weighted by Crippen LogP contribution is -2.28. The van der Waals surface area contributed by atoms with Crippen molar-refractivity contribution in [1.82, 2.24) is 5.32 Å². The average molecular weight is 480 g/mol. The minimum atomic E-state index is -0.656. The number of rotatable bonds is 11. The molecule has 162 valence electrons. The Labute approximate surface area is 184 Å². The lowest BCUT2D eigenvalue weighted by molar-refractivity contribution is -0.124. The summed E-state index contributed by atoms with van der Waals surface area (Å²) in [5.41, 5.74) is 1.13. The van der Waals surface area contributed by atoms with E-state index in [1.807, 2.05) is 45.0 Å². The largest absolute Gasteiger partial charge is 0.490 e. The van der Waals surface area contributed by atoms with Crippen molar-refractivity contribution >= 4 is 27.8 Å². The third kappa shape index (κ3) is 6.66. The minimum Gasteiger partial charge on any atom is -0.490 e. The van der Waals surface area contributed by atoms with Crippen LogP contribution in [-0.2, 0) is 16.1 Å². The van der Waals surface area contributed by atoms with E-state index in [4.69, 9.17) is 18.9 Å². The quantitative estimate of drug-likeness (QED) is 0.488. The first-order valence-electron chi connectivity index (χ1n) is 9.73. The third-order valence-corrected chi connectivity index (χ3v) is 4.69. The molecule has 0 saturated heterocycles. The van der Waals surface area contributed by atoms with Gasteiger partial charge >= 0.3 is 5.97 Å². The maximum atomic E-state index is 12.5. The van der Waals surface area contributed by atoms with Crippen molar-refractivity contribution in [2.45, 2.75) is 27.3 Å². The standard InChI is InChI=1S/C22H26BrNO6/c1-4-27-18-11-16(12-19(28-5-2)21(18)29-6-3)22(26)30-14-20(25)24-13-15-9-7-8-10-17(15)23/h7-12H,4-6,13-14H2,1-3H3,(H,24,25). The zero-order valence-corrected chi connectivity index (χ0v) is 18.9. The van der Waals surface area contributed by atoms with E-state index in [1.54, 1.807) is 0 Å². The second kappa shape index (κ2) is 12.1. The lowest BCUT2D eigenvalue weighted by Gasteiger charge is -2.16. The summed E-state index contributed by atoms with van der Waals surface area (Å²) in [6.07, 6.45) is 0. The monoisotopic (exact) mass is 479 g/mol. The summed E-state index contributed by atoms with van der Waals surface area (Å²) >= 11 is 3.42. The Morgan fingerprint density at radius 1 is 0.933 bits per heavy atom. The van der Waals surface area contributed by atoms with Crippen molar-refractivity contribution in [2.24, 2.45) is 0 Å². The van der Waals surface area contributed by atoms with Crippen molar-refractivity contribution in [1.29, 1.82) is 0 Å². The topological polar surface area (TPSA) is 83.1 Å². The minimum absolute atomic E-state index is 0.212. The van der Waals surface area contributed by atoms with Gasteiger partial charge in [-0.15, -0.1) is 0 Å². The van der Waals surface area contributed by atoms with Gasteiger partial charge in [-0.25, -0.2) is 4.79 Å². The lowest BCUT2D eigenvalue weighted by atomic mass is 10.2. The Kier molecular flexibility index (Phi) is 9.47. The Bertz CT molecular complexity index is 843. The first-order valence-corrected chi connectivity index (χ1v) is 10.5. The fourth-order valence-corrected chi connectivity index (χ4v) is 3.03. The smallest absolute Gasteiger partial charge is 0.338 e. The highest BCUT2D eigenvalue weighted by Gasteiger charge is 2.19. The molecule has 0 unspecified atom stereocenters. The van der Waals surface area contributed by atoms with Crippen LogP contribution < -0.4 is 19.5 Å². The molecule has 0 aliphatic rings. The van der Waals surface area contributed by atoms with Gasteiger partial charge in [0, 0.05) is 11.0 Å². The zero-order valence-electron chi connectivity index (χ0n) is 17.3. The SMILES string of the molecule is CCOc1cc(C(=O)OCC(=O)NCc2ccccc2Br)cc(OCC)c1OCC. The molecule has 0 atom stereocenters. The number of ether oxygens (including phenoxy) is 4. The van der Waals surface area contributed by atoms with Crippen LogP contribution in [0.3, 0.4) is 0 Å². The molecule has 2 rings (SSSR count). The van der Waals surface area contributed by atoms with Crippen LogP contribution in [0.5, 0.6) is 17.2 Å². The summed E-state index contributed by atoms with van der Waals surface area (Å²) in [4.78, 5) is 24.6. The number of carbonyl (C=O) groups excluding carboxylic acids is 2. The van der Waals surface area contributed by atoms with E-state index in [2.05, 4.69) is 21.2 Å². The highest BCUT2D eigenvalue weighted by molar-refractivity contribution is 9.10. The molecule has 1 N–H and O–H groups in total. The summed E-state index contributed by atoms with van der Waals surface area (Å²) in [5, 5.41) is 2.72. The number of carbonyl (C=O) groups is 2. The molecule has 0 bridgehead atoms. The maximum absolute atomic E-state index is 12.5. The molecule has 30 heavy (non-hydrogen) atoms. The Morgan fingerprint density at radius 2 is 1.53 bits per heavy atom. The number of nitrogens with one attached hydrogen (secondary N) is 1. The molecule has 0 radical (unpaired) electrons. The van der Waals surface area contributed by atoms with Crippen LogP contribution in [0.25, 0.3) is 0 Å². The van der Waals surface area contributed by atoms with E-state index in [0.29, 0.717) is 43.6 Å². The molecular weight excluding hydrogens is 454 g/mol. The Hall–Kier alpha value is -2.74. The van der Waals surface area contributed by atoms with E-state index in [0.717, 1.165) is 10.0 Å². The number of hydrogen-bond acceptors (Lipinski definition) is 6. The van der Waals surface area contributed by atoms with Crippen LogP contribution in [0.2, 0.25) is 0 Å². The van der Waals surface area contributed by atoms with E-state index in [-0.39, 0.29) is 5.56 Å². The van der Waals surface area contributed by atoms with Gasteiger partial charge in [0.2, 0.25) is 5.75 Å². The first-order chi connectivity index (χ1) is 14.5. The molecule has 0 heterocycles.